The van der Waals surface area contributed by atoms with E-state index in [4.69, 9.17) is 4.52 Å². The highest BCUT2D eigenvalue weighted by Gasteiger charge is 2.35. The molecule has 0 N–H and O–H groups in total. The molecule has 4 rings (SSSR count). The third kappa shape index (κ3) is 3.14. The van der Waals surface area contributed by atoms with Crippen molar-refractivity contribution >= 4 is 11.6 Å². The topological polar surface area (TPSA) is 59.2 Å². The second-order valence-corrected chi connectivity index (χ2v) is 7.40. The Labute approximate surface area is 159 Å². The molecule has 1 aromatic heterocycles. The largest absolute Gasteiger partial charge is 0.339 e. The molecule has 0 radical (unpaired) electrons. The maximum Gasteiger partial charge on any atom is 0.232 e. The minimum absolute atomic E-state index is 0.0792. The summed E-state index contributed by atoms with van der Waals surface area (Å²) in [4.78, 5) is 19.1. The molecule has 2 aromatic carbocycles. The highest BCUT2D eigenvalue weighted by Crippen LogP contribution is 2.34. The minimum atomic E-state index is -0.0792. The Balaban J connectivity index is 1.60. The van der Waals surface area contributed by atoms with Crippen molar-refractivity contribution in [2.45, 2.75) is 40.0 Å². The fourth-order valence-corrected chi connectivity index (χ4v) is 3.71. The first-order valence-corrected chi connectivity index (χ1v) is 9.22. The van der Waals surface area contributed by atoms with E-state index in [1.807, 2.05) is 36.1 Å². The Morgan fingerprint density at radius 1 is 1.07 bits per heavy atom. The molecular formula is C22H23N3O2. The van der Waals surface area contributed by atoms with Crippen molar-refractivity contribution in [3.8, 4) is 11.4 Å². The molecule has 1 fully saturated rings. The maximum atomic E-state index is 12.6. The summed E-state index contributed by atoms with van der Waals surface area (Å²) < 4.78 is 5.53. The second-order valence-electron chi connectivity index (χ2n) is 7.40. The molecule has 5 heteroatoms. The van der Waals surface area contributed by atoms with Crippen LogP contribution in [0.1, 0.15) is 40.5 Å². The van der Waals surface area contributed by atoms with Gasteiger partial charge in [-0.1, -0.05) is 41.1 Å². The molecule has 2 heterocycles. The van der Waals surface area contributed by atoms with Crippen molar-refractivity contribution in [2.24, 2.45) is 0 Å². The fourth-order valence-electron chi connectivity index (χ4n) is 3.71. The lowest BCUT2D eigenvalue weighted by atomic mass is 10.1. The zero-order valence-electron chi connectivity index (χ0n) is 16.1. The molecule has 1 amide bonds. The summed E-state index contributed by atoms with van der Waals surface area (Å²) in [5, 5.41) is 4.16. The molecule has 1 aliphatic rings. The lowest BCUT2D eigenvalue weighted by Crippen LogP contribution is -2.25. The van der Waals surface area contributed by atoms with Crippen LogP contribution in [0.15, 0.2) is 40.9 Å². The van der Waals surface area contributed by atoms with Crippen LogP contribution < -0.4 is 4.90 Å². The number of carbonyl (C=O) groups excluding carboxylic acids is 1. The van der Waals surface area contributed by atoms with Crippen LogP contribution in [0, 0.1) is 27.7 Å². The number of nitrogens with zero attached hydrogens (tertiary/aromatic N) is 3. The molecule has 0 spiro atoms. The molecule has 27 heavy (non-hydrogen) atoms. The Morgan fingerprint density at radius 3 is 2.67 bits per heavy atom. The van der Waals surface area contributed by atoms with Gasteiger partial charge in [0.15, 0.2) is 0 Å². The summed E-state index contributed by atoms with van der Waals surface area (Å²) in [6, 6.07) is 12.2. The van der Waals surface area contributed by atoms with Gasteiger partial charge in [0.05, 0.1) is 5.92 Å². The smallest absolute Gasteiger partial charge is 0.232 e. The number of carbonyl (C=O) groups is 1. The summed E-state index contributed by atoms with van der Waals surface area (Å²) in [6.45, 7) is 8.78. The summed E-state index contributed by atoms with van der Waals surface area (Å²) in [7, 11) is 0. The van der Waals surface area contributed by atoms with E-state index in [-0.39, 0.29) is 11.8 Å². The monoisotopic (exact) mass is 361 g/mol. The number of amides is 1. The van der Waals surface area contributed by atoms with Crippen molar-refractivity contribution in [3.05, 3.63) is 64.5 Å². The van der Waals surface area contributed by atoms with Crippen molar-refractivity contribution in [1.82, 2.24) is 10.1 Å². The SMILES string of the molecule is Cc1ccc(-c2noc(C3CC(=O)N(c4cccc(C)c4C)C3)n2)c(C)c1. The Kier molecular flexibility index (Phi) is 4.30. The molecular weight excluding hydrogens is 338 g/mol. The predicted octanol–water partition coefficient (Wildman–Crippen LogP) is 4.49. The molecule has 1 aliphatic heterocycles. The Hall–Kier alpha value is -2.95. The lowest BCUT2D eigenvalue weighted by molar-refractivity contribution is -0.117. The van der Waals surface area contributed by atoms with Gasteiger partial charge in [0.2, 0.25) is 17.6 Å². The van der Waals surface area contributed by atoms with Crippen LogP contribution in [-0.4, -0.2) is 22.6 Å². The van der Waals surface area contributed by atoms with Gasteiger partial charge in [-0.3, -0.25) is 4.79 Å². The van der Waals surface area contributed by atoms with E-state index in [9.17, 15) is 4.79 Å². The molecule has 1 saturated heterocycles. The highest BCUT2D eigenvalue weighted by atomic mass is 16.5. The van der Waals surface area contributed by atoms with Crippen molar-refractivity contribution < 1.29 is 9.32 Å². The van der Waals surface area contributed by atoms with E-state index in [0.29, 0.717) is 24.7 Å². The summed E-state index contributed by atoms with van der Waals surface area (Å²) in [5.41, 5.74) is 6.56. The van der Waals surface area contributed by atoms with Gasteiger partial charge in [-0.05, 0) is 50.5 Å². The molecule has 1 atom stereocenters. The number of hydrogen-bond acceptors (Lipinski definition) is 4. The summed E-state index contributed by atoms with van der Waals surface area (Å²) in [5.74, 6) is 1.13. The molecule has 3 aromatic rings. The average Bonchev–Trinajstić information content (AvgIpc) is 3.24. The van der Waals surface area contributed by atoms with E-state index in [0.717, 1.165) is 22.4 Å². The van der Waals surface area contributed by atoms with Crippen LogP contribution in [0.2, 0.25) is 0 Å². The van der Waals surface area contributed by atoms with Gasteiger partial charge in [0.25, 0.3) is 0 Å². The van der Waals surface area contributed by atoms with Crippen LogP contribution in [0.3, 0.4) is 0 Å². The third-order valence-corrected chi connectivity index (χ3v) is 5.41. The molecule has 0 saturated carbocycles. The Bertz CT molecular complexity index is 1020. The van der Waals surface area contributed by atoms with Gasteiger partial charge in [-0.2, -0.15) is 4.98 Å². The normalized spacial score (nSPS) is 17.0. The minimum Gasteiger partial charge on any atom is -0.339 e. The number of benzene rings is 2. The van der Waals surface area contributed by atoms with E-state index in [2.05, 4.69) is 43.0 Å². The van der Waals surface area contributed by atoms with Gasteiger partial charge < -0.3 is 9.42 Å². The van der Waals surface area contributed by atoms with E-state index in [1.54, 1.807) is 0 Å². The highest BCUT2D eigenvalue weighted by molar-refractivity contribution is 5.97. The van der Waals surface area contributed by atoms with Gasteiger partial charge >= 0.3 is 0 Å². The first kappa shape index (κ1) is 17.5. The van der Waals surface area contributed by atoms with Crippen LogP contribution in [0.25, 0.3) is 11.4 Å². The summed E-state index contributed by atoms with van der Waals surface area (Å²) >= 11 is 0. The van der Waals surface area contributed by atoms with E-state index in [1.165, 1.54) is 11.1 Å². The maximum absolute atomic E-state index is 12.6. The fraction of sp³-hybridized carbons (Fsp3) is 0.318. The number of aryl methyl sites for hydroxylation is 3. The van der Waals surface area contributed by atoms with Crippen molar-refractivity contribution in [1.29, 1.82) is 0 Å². The zero-order valence-corrected chi connectivity index (χ0v) is 16.1. The quantitative estimate of drug-likeness (QED) is 0.690. The van der Waals surface area contributed by atoms with Gasteiger partial charge in [-0.15, -0.1) is 0 Å². The lowest BCUT2D eigenvalue weighted by Gasteiger charge is -2.19. The van der Waals surface area contributed by atoms with Crippen molar-refractivity contribution in [3.63, 3.8) is 0 Å². The van der Waals surface area contributed by atoms with Crippen LogP contribution in [0.5, 0.6) is 0 Å². The first-order chi connectivity index (χ1) is 12.9. The number of anilines is 1. The standard InChI is InChI=1S/C22H23N3O2/c1-13-8-9-18(15(3)10-13)21-23-22(27-24-21)17-11-20(26)25(12-17)19-7-5-6-14(2)16(19)4/h5-10,17H,11-12H2,1-4H3. The van der Waals surface area contributed by atoms with Gasteiger partial charge in [0.1, 0.15) is 0 Å². The number of hydrogen-bond donors (Lipinski definition) is 0. The third-order valence-electron chi connectivity index (χ3n) is 5.41. The molecule has 0 aliphatic carbocycles. The van der Waals surface area contributed by atoms with Crippen LogP contribution >= 0.6 is 0 Å². The summed E-state index contributed by atoms with van der Waals surface area (Å²) in [6.07, 6.45) is 0.391. The molecule has 5 nitrogen and oxygen atoms in total. The van der Waals surface area contributed by atoms with Crippen molar-refractivity contribution in [2.75, 3.05) is 11.4 Å². The van der Waals surface area contributed by atoms with E-state index >= 15 is 0 Å². The van der Waals surface area contributed by atoms with Crippen LogP contribution in [-0.2, 0) is 4.79 Å². The van der Waals surface area contributed by atoms with Crippen LogP contribution in [0.4, 0.5) is 5.69 Å². The predicted molar refractivity (Wildman–Crippen MR) is 105 cm³/mol. The second kappa shape index (κ2) is 6.65. The number of rotatable bonds is 3. The Morgan fingerprint density at radius 2 is 1.89 bits per heavy atom. The number of aromatic nitrogens is 2. The average molecular weight is 361 g/mol. The molecule has 1 unspecified atom stereocenters. The zero-order chi connectivity index (χ0) is 19.1. The van der Waals surface area contributed by atoms with E-state index < -0.39 is 0 Å². The molecule has 138 valence electrons. The molecule has 0 bridgehead atoms. The van der Waals surface area contributed by atoms with Gasteiger partial charge in [-0.25, -0.2) is 0 Å². The van der Waals surface area contributed by atoms with Gasteiger partial charge in [0, 0.05) is 24.2 Å². The first-order valence-electron chi connectivity index (χ1n) is 9.22.